The fourth-order valence-corrected chi connectivity index (χ4v) is 1.60. The highest BCUT2D eigenvalue weighted by atomic mass is 19.3. The van der Waals surface area contributed by atoms with Gasteiger partial charge in [-0.05, 0) is 17.3 Å². The maximum Gasteiger partial charge on any atom is 0.300 e. The molecule has 0 aliphatic rings. The molecule has 0 spiro atoms. The molecule has 0 aliphatic heterocycles. The van der Waals surface area contributed by atoms with Gasteiger partial charge in [-0.2, -0.15) is 9.78 Å². The number of tetrazole rings is 1. The highest BCUT2D eigenvalue weighted by Crippen LogP contribution is 2.16. The molecule has 0 fully saturated rings. The maximum absolute atomic E-state index is 13.1. The van der Waals surface area contributed by atoms with Gasteiger partial charge in [-0.1, -0.05) is 17.3 Å². The first-order valence-corrected chi connectivity index (χ1v) is 5.76. The molecule has 2 heterocycles. The van der Waals surface area contributed by atoms with Crippen molar-refractivity contribution >= 4 is 0 Å². The standard InChI is InChI=1S/C11H7F3N6O/c12-7-3-1-2-6(4-7)10-16-19-20(17-10)5-8-15-11(9(13)14)18-21-8/h1-4,9H,5H2. The average molecular weight is 296 g/mol. The van der Waals surface area contributed by atoms with Crippen LogP contribution in [0.15, 0.2) is 28.8 Å². The zero-order chi connectivity index (χ0) is 14.8. The Morgan fingerprint density at radius 1 is 1.29 bits per heavy atom. The number of alkyl halides is 2. The van der Waals surface area contributed by atoms with E-state index in [1.54, 1.807) is 6.07 Å². The zero-order valence-electron chi connectivity index (χ0n) is 10.3. The molecule has 0 bridgehead atoms. The van der Waals surface area contributed by atoms with Crippen molar-refractivity contribution in [2.45, 2.75) is 13.0 Å². The van der Waals surface area contributed by atoms with Gasteiger partial charge < -0.3 is 4.52 Å². The van der Waals surface area contributed by atoms with Crippen LogP contribution in [-0.4, -0.2) is 30.3 Å². The molecule has 0 saturated heterocycles. The van der Waals surface area contributed by atoms with E-state index < -0.39 is 18.1 Å². The number of halogens is 3. The molecular weight excluding hydrogens is 289 g/mol. The van der Waals surface area contributed by atoms with Crippen LogP contribution in [0.4, 0.5) is 13.2 Å². The number of aromatic nitrogens is 6. The van der Waals surface area contributed by atoms with Crippen molar-refractivity contribution in [2.75, 3.05) is 0 Å². The molecule has 10 heteroatoms. The van der Waals surface area contributed by atoms with Crippen molar-refractivity contribution < 1.29 is 17.7 Å². The van der Waals surface area contributed by atoms with E-state index in [-0.39, 0.29) is 18.3 Å². The quantitative estimate of drug-likeness (QED) is 0.730. The van der Waals surface area contributed by atoms with Crippen molar-refractivity contribution in [3.05, 3.63) is 41.8 Å². The van der Waals surface area contributed by atoms with Crippen LogP contribution < -0.4 is 0 Å². The zero-order valence-corrected chi connectivity index (χ0v) is 10.3. The molecule has 2 aromatic heterocycles. The molecule has 3 rings (SSSR count). The molecule has 0 saturated carbocycles. The van der Waals surface area contributed by atoms with E-state index in [9.17, 15) is 13.2 Å². The second-order valence-electron chi connectivity index (χ2n) is 4.00. The number of hydrogen-bond acceptors (Lipinski definition) is 6. The summed E-state index contributed by atoms with van der Waals surface area (Å²) < 4.78 is 42.4. The Morgan fingerprint density at radius 3 is 2.86 bits per heavy atom. The lowest BCUT2D eigenvalue weighted by Crippen LogP contribution is -2.04. The summed E-state index contributed by atoms with van der Waals surface area (Å²) in [5, 5.41) is 14.5. The SMILES string of the molecule is Fc1cccc(-c2nnn(Cc3nc(C(F)F)no3)n2)c1. The van der Waals surface area contributed by atoms with Crippen molar-refractivity contribution in [1.82, 2.24) is 30.3 Å². The van der Waals surface area contributed by atoms with Gasteiger partial charge in [0.15, 0.2) is 0 Å². The topological polar surface area (TPSA) is 82.5 Å². The van der Waals surface area contributed by atoms with Gasteiger partial charge in [0.05, 0.1) is 0 Å². The van der Waals surface area contributed by atoms with Crippen LogP contribution in [0, 0.1) is 5.82 Å². The van der Waals surface area contributed by atoms with Gasteiger partial charge in [-0.25, -0.2) is 13.2 Å². The van der Waals surface area contributed by atoms with E-state index >= 15 is 0 Å². The Kier molecular flexibility index (Phi) is 3.34. The summed E-state index contributed by atoms with van der Waals surface area (Å²) in [7, 11) is 0. The van der Waals surface area contributed by atoms with Crippen molar-refractivity contribution in [3.8, 4) is 11.4 Å². The van der Waals surface area contributed by atoms with Crippen LogP contribution >= 0.6 is 0 Å². The molecule has 108 valence electrons. The van der Waals surface area contributed by atoms with Gasteiger partial charge in [0, 0.05) is 5.56 Å². The number of nitrogens with zero attached hydrogens (tertiary/aromatic N) is 6. The fraction of sp³-hybridized carbons (Fsp3) is 0.182. The van der Waals surface area contributed by atoms with Crippen LogP contribution in [0.1, 0.15) is 18.1 Å². The second-order valence-corrected chi connectivity index (χ2v) is 4.00. The van der Waals surface area contributed by atoms with Crippen molar-refractivity contribution in [1.29, 1.82) is 0 Å². The number of benzene rings is 1. The molecule has 0 radical (unpaired) electrons. The molecule has 0 N–H and O–H groups in total. The molecule has 3 aromatic rings. The van der Waals surface area contributed by atoms with Crippen molar-refractivity contribution in [3.63, 3.8) is 0 Å². The Labute approximate surface area is 115 Å². The Balaban J connectivity index is 1.78. The fourth-order valence-electron chi connectivity index (χ4n) is 1.60. The third-order valence-corrected chi connectivity index (χ3v) is 2.49. The first kappa shape index (κ1) is 13.2. The van der Waals surface area contributed by atoms with Crippen LogP contribution in [-0.2, 0) is 6.54 Å². The number of rotatable bonds is 4. The summed E-state index contributed by atoms with van der Waals surface area (Å²) in [5.41, 5.74) is 0.444. The number of hydrogen-bond donors (Lipinski definition) is 0. The molecule has 0 atom stereocenters. The van der Waals surface area contributed by atoms with Gasteiger partial charge in [-0.3, -0.25) is 0 Å². The molecule has 0 unspecified atom stereocenters. The monoisotopic (exact) mass is 296 g/mol. The van der Waals surface area contributed by atoms with E-state index in [1.807, 2.05) is 0 Å². The summed E-state index contributed by atoms with van der Waals surface area (Å²) in [6.07, 6.45) is -2.81. The largest absolute Gasteiger partial charge is 0.337 e. The summed E-state index contributed by atoms with van der Waals surface area (Å²) in [5.74, 6) is -1.01. The van der Waals surface area contributed by atoms with Gasteiger partial charge in [0.2, 0.25) is 11.6 Å². The average Bonchev–Trinajstić information content (AvgIpc) is 3.08. The minimum atomic E-state index is -2.81. The van der Waals surface area contributed by atoms with E-state index in [2.05, 4.69) is 30.1 Å². The summed E-state index contributed by atoms with van der Waals surface area (Å²) in [6.45, 7) is -0.109. The van der Waals surface area contributed by atoms with Gasteiger partial charge in [0.1, 0.15) is 12.4 Å². The minimum Gasteiger partial charge on any atom is -0.337 e. The van der Waals surface area contributed by atoms with Crippen LogP contribution in [0.3, 0.4) is 0 Å². The molecule has 0 aliphatic carbocycles. The summed E-state index contributed by atoms with van der Waals surface area (Å²) in [6, 6.07) is 5.67. The lowest BCUT2D eigenvalue weighted by atomic mass is 10.2. The molecule has 7 nitrogen and oxygen atoms in total. The van der Waals surface area contributed by atoms with Gasteiger partial charge in [0.25, 0.3) is 5.89 Å². The Morgan fingerprint density at radius 2 is 2.14 bits per heavy atom. The van der Waals surface area contributed by atoms with Gasteiger partial charge >= 0.3 is 6.43 Å². The lowest BCUT2D eigenvalue weighted by molar-refractivity contribution is 0.136. The van der Waals surface area contributed by atoms with E-state index in [0.717, 1.165) is 4.80 Å². The first-order valence-electron chi connectivity index (χ1n) is 5.76. The third-order valence-electron chi connectivity index (χ3n) is 2.49. The second kappa shape index (κ2) is 5.31. The van der Waals surface area contributed by atoms with E-state index in [1.165, 1.54) is 18.2 Å². The molecule has 21 heavy (non-hydrogen) atoms. The van der Waals surface area contributed by atoms with E-state index in [4.69, 9.17) is 0 Å². The van der Waals surface area contributed by atoms with Crippen LogP contribution in [0.5, 0.6) is 0 Å². The molecular formula is C11H7F3N6O. The first-order chi connectivity index (χ1) is 10.1. The summed E-state index contributed by atoms with van der Waals surface area (Å²) >= 11 is 0. The molecule has 1 aromatic carbocycles. The normalized spacial score (nSPS) is 11.2. The van der Waals surface area contributed by atoms with Gasteiger partial charge in [-0.15, -0.1) is 10.2 Å². The Bertz CT molecular complexity index is 756. The lowest BCUT2D eigenvalue weighted by Gasteiger charge is -1.94. The van der Waals surface area contributed by atoms with Crippen LogP contribution in [0.25, 0.3) is 11.4 Å². The molecule has 0 amide bonds. The summed E-state index contributed by atoms with van der Waals surface area (Å²) in [4.78, 5) is 4.57. The predicted molar refractivity (Wildman–Crippen MR) is 61.6 cm³/mol. The highest BCUT2D eigenvalue weighted by molar-refractivity contribution is 5.53. The smallest absolute Gasteiger partial charge is 0.300 e. The van der Waals surface area contributed by atoms with Crippen molar-refractivity contribution in [2.24, 2.45) is 0 Å². The van der Waals surface area contributed by atoms with Crippen LogP contribution in [0.2, 0.25) is 0 Å². The highest BCUT2D eigenvalue weighted by Gasteiger charge is 2.17. The third kappa shape index (κ3) is 2.88. The maximum atomic E-state index is 13.1. The minimum absolute atomic E-state index is 0.0755. The predicted octanol–water partition coefficient (Wildman–Crippen LogP) is 1.85. The Hall–Kier alpha value is -2.78. The van der Waals surface area contributed by atoms with E-state index in [0.29, 0.717) is 5.56 Å².